The van der Waals surface area contributed by atoms with Gasteiger partial charge in [0.2, 0.25) is 0 Å². The van der Waals surface area contributed by atoms with Crippen LogP contribution in [0.4, 0.5) is 0 Å². The summed E-state index contributed by atoms with van der Waals surface area (Å²) < 4.78 is 5.51. The van der Waals surface area contributed by atoms with Crippen LogP contribution in [0.3, 0.4) is 0 Å². The maximum Gasteiger partial charge on any atom is 0.150 e. The van der Waals surface area contributed by atoms with Gasteiger partial charge in [-0.3, -0.25) is 9.80 Å². The first-order valence-electron chi connectivity index (χ1n) is 6.09. The third kappa shape index (κ3) is 6.57. The summed E-state index contributed by atoms with van der Waals surface area (Å²) in [5.74, 6) is 0.270. The minimum absolute atomic E-state index is 0.0400. The standard InChI is InChI=1S/C14H20N2O3/c1-11(2)15-16(8-12(3)17)10-19-9-13-4-6-14(18)7-5-13/h4-7,18H,8-10H2,1-3H3. The normalized spacial score (nSPS) is 10.1. The van der Waals surface area contributed by atoms with E-state index >= 15 is 0 Å². The van der Waals surface area contributed by atoms with Gasteiger partial charge < -0.3 is 9.84 Å². The topological polar surface area (TPSA) is 62.1 Å². The SMILES string of the molecule is CC(=O)CN(COCc1ccc(O)cc1)N=C(C)C. The Balaban J connectivity index is 2.45. The largest absolute Gasteiger partial charge is 0.508 e. The van der Waals surface area contributed by atoms with Crippen LogP contribution in [0.25, 0.3) is 0 Å². The highest BCUT2D eigenvalue weighted by atomic mass is 16.5. The van der Waals surface area contributed by atoms with Crippen LogP contribution in [0.15, 0.2) is 29.4 Å². The number of aromatic hydroxyl groups is 1. The number of Topliss-reactive ketones (excluding diaryl/α,β-unsaturated/α-hetero) is 1. The van der Waals surface area contributed by atoms with Crippen molar-refractivity contribution in [1.29, 1.82) is 0 Å². The molecule has 0 aliphatic heterocycles. The van der Waals surface area contributed by atoms with Gasteiger partial charge in [-0.15, -0.1) is 0 Å². The van der Waals surface area contributed by atoms with Gasteiger partial charge in [0.25, 0.3) is 0 Å². The molecule has 0 heterocycles. The number of hydrazone groups is 1. The van der Waals surface area contributed by atoms with Crippen molar-refractivity contribution in [3.63, 3.8) is 0 Å². The van der Waals surface area contributed by atoms with Gasteiger partial charge in [-0.25, -0.2) is 0 Å². The predicted octanol–water partition coefficient (Wildman–Crippen LogP) is 2.15. The summed E-state index contributed by atoms with van der Waals surface area (Å²) >= 11 is 0. The molecule has 1 aromatic carbocycles. The van der Waals surface area contributed by atoms with Crippen LogP contribution in [0, 0.1) is 0 Å². The molecule has 0 radical (unpaired) electrons. The lowest BCUT2D eigenvalue weighted by atomic mass is 10.2. The zero-order valence-electron chi connectivity index (χ0n) is 11.6. The Morgan fingerprint density at radius 3 is 2.42 bits per heavy atom. The Hall–Kier alpha value is -1.88. The lowest BCUT2D eigenvalue weighted by Gasteiger charge is -2.18. The quantitative estimate of drug-likeness (QED) is 0.465. The van der Waals surface area contributed by atoms with Gasteiger partial charge >= 0.3 is 0 Å². The third-order valence-corrected chi connectivity index (χ3v) is 2.19. The monoisotopic (exact) mass is 264 g/mol. The highest BCUT2D eigenvalue weighted by molar-refractivity contribution is 5.80. The van der Waals surface area contributed by atoms with E-state index in [0.29, 0.717) is 6.61 Å². The van der Waals surface area contributed by atoms with Crippen LogP contribution in [-0.4, -0.2) is 34.9 Å². The van der Waals surface area contributed by atoms with Crippen LogP contribution in [-0.2, 0) is 16.1 Å². The molecule has 0 aromatic heterocycles. The molecule has 0 atom stereocenters. The van der Waals surface area contributed by atoms with E-state index in [4.69, 9.17) is 9.84 Å². The number of benzene rings is 1. The number of phenols is 1. The van der Waals surface area contributed by atoms with E-state index in [9.17, 15) is 4.79 Å². The maximum atomic E-state index is 11.1. The van der Waals surface area contributed by atoms with Gasteiger partial charge in [0.1, 0.15) is 12.5 Å². The minimum Gasteiger partial charge on any atom is -0.508 e. The molecule has 1 N–H and O–H groups in total. The first-order valence-corrected chi connectivity index (χ1v) is 6.09. The lowest BCUT2D eigenvalue weighted by Crippen LogP contribution is -2.27. The van der Waals surface area contributed by atoms with Gasteiger partial charge in [-0.05, 0) is 38.5 Å². The molecule has 0 saturated heterocycles. The number of nitrogens with zero attached hydrogens (tertiary/aromatic N) is 2. The van der Waals surface area contributed by atoms with E-state index in [1.165, 1.54) is 6.92 Å². The summed E-state index contributed by atoms with van der Waals surface area (Å²) in [7, 11) is 0. The van der Waals surface area contributed by atoms with Crippen LogP contribution in [0.1, 0.15) is 26.3 Å². The van der Waals surface area contributed by atoms with E-state index in [1.54, 1.807) is 29.3 Å². The molecule has 0 bridgehead atoms. The summed E-state index contributed by atoms with van der Waals surface area (Å²) in [6.45, 7) is 6.16. The van der Waals surface area contributed by atoms with Gasteiger partial charge in [-0.1, -0.05) is 12.1 Å². The molecule has 0 unspecified atom stereocenters. The van der Waals surface area contributed by atoms with Crippen LogP contribution >= 0.6 is 0 Å². The van der Waals surface area contributed by atoms with E-state index in [2.05, 4.69) is 5.10 Å². The Labute approximate surface area is 113 Å². The average molecular weight is 264 g/mol. The minimum atomic E-state index is 0.0400. The molecule has 0 aliphatic carbocycles. The van der Waals surface area contributed by atoms with Gasteiger partial charge in [0, 0.05) is 5.71 Å². The Morgan fingerprint density at radius 2 is 1.89 bits per heavy atom. The van der Waals surface area contributed by atoms with Crippen molar-refractivity contribution in [2.45, 2.75) is 27.4 Å². The van der Waals surface area contributed by atoms with Crippen molar-refractivity contribution >= 4 is 11.5 Å². The fourth-order valence-electron chi connectivity index (χ4n) is 1.51. The molecule has 1 rings (SSSR count). The summed E-state index contributed by atoms with van der Waals surface area (Å²) in [6.07, 6.45) is 0. The Bertz CT molecular complexity index is 437. The molecule has 19 heavy (non-hydrogen) atoms. The number of hydrogen-bond donors (Lipinski definition) is 1. The molecule has 1 aromatic rings. The first-order chi connectivity index (χ1) is 8.97. The number of carbonyl (C=O) groups is 1. The molecular formula is C14H20N2O3. The Kier molecular flexibility index (Phi) is 6.02. The highest BCUT2D eigenvalue weighted by Crippen LogP contribution is 2.10. The van der Waals surface area contributed by atoms with Crippen molar-refractivity contribution < 1.29 is 14.6 Å². The fraction of sp³-hybridized carbons (Fsp3) is 0.429. The second-order valence-corrected chi connectivity index (χ2v) is 4.56. The molecule has 0 fully saturated rings. The predicted molar refractivity (Wildman–Crippen MR) is 73.9 cm³/mol. The molecule has 0 saturated carbocycles. The van der Waals surface area contributed by atoms with Crippen molar-refractivity contribution in [2.24, 2.45) is 5.10 Å². The smallest absolute Gasteiger partial charge is 0.150 e. The number of phenolic OH excluding ortho intramolecular Hbond substituents is 1. The summed E-state index contributed by atoms with van der Waals surface area (Å²) in [5.41, 5.74) is 1.83. The van der Waals surface area contributed by atoms with Crippen molar-refractivity contribution in [1.82, 2.24) is 5.01 Å². The van der Waals surface area contributed by atoms with Gasteiger partial charge in [0.05, 0.1) is 13.2 Å². The van der Waals surface area contributed by atoms with Gasteiger partial charge in [-0.2, -0.15) is 5.10 Å². The molecule has 104 valence electrons. The summed E-state index contributed by atoms with van der Waals surface area (Å²) in [5, 5.41) is 15.0. The zero-order valence-corrected chi connectivity index (χ0v) is 11.6. The first kappa shape index (κ1) is 15.2. The number of ketones is 1. The molecular weight excluding hydrogens is 244 g/mol. The van der Waals surface area contributed by atoms with Crippen LogP contribution in [0.5, 0.6) is 5.75 Å². The van der Waals surface area contributed by atoms with E-state index in [-0.39, 0.29) is 24.8 Å². The second-order valence-electron chi connectivity index (χ2n) is 4.56. The zero-order chi connectivity index (χ0) is 14.3. The van der Waals surface area contributed by atoms with Gasteiger partial charge in [0.15, 0.2) is 5.78 Å². The lowest BCUT2D eigenvalue weighted by molar-refractivity contribution is -0.119. The van der Waals surface area contributed by atoms with E-state index in [1.807, 2.05) is 13.8 Å². The second kappa shape index (κ2) is 7.53. The molecule has 5 heteroatoms. The van der Waals surface area contributed by atoms with E-state index in [0.717, 1.165) is 11.3 Å². The summed E-state index contributed by atoms with van der Waals surface area (Å²) in [6, 6.07) is 6.80. The number of rotatable bonds is 7. The Morgan fingerprint density at radius 1 is 1.26 bits per heavy atom. The molecule has 0 spiro atoms. The van der Waals surface area contributed by atoms with Crippen molar-refractivity contribution in [2.75, 3.05) is 13.3 Å². The highest BCUT2D eigenvalue weighted by Gasteiger charge is 2.05. The molecule has 0 aliphatic rings. The summed E-state index contributed by atoms with van der Waals surface area (Å²) in [4.78, 5) is 11.1. The molecule has 5 nitrogen and oxygen atoms in total. The van der Waals surface area contributed by atoms with Crippen molar-refractivity contribution in [3.8, 4) is 5.75 Å². The van der Waals surface area contributed by atoms with E-state index < -0.39 is 0 Å². The van der Waals surface area contributed by atoms with Crippen LogP contribution < -0.4 is 0 Å². The van der Waals surface area contributed by atoms with Crippen LogP contribution in [0.2, 0.25) is 0 Å². The third-order valence-electron chi connectivity index (χ3n) is 2.19. The average Bonchev–Trinajstić information content (AvgIpc) is 2.30. The number of hydrogen-bond acceptors (Lipinski definition) is 5. The number of carbonyl (C=O) groups excluding carboxylic acids is 1. The number of ether oxygens (including phenoxy) is 1. The fourth-order valence-corrected chi connectivity index (χ4v) is 1.51. The molecule has 0 amide bonds. The van der Waals surface area contributed by atoms with Crippen molar-refractivity contribution in [3.05, 3.63) is 29.8 Å². The maximum absolute atomic E-state index is 11.1.